The van der Waals surface area contributed by atoms with Crippen molar-refractivity contribution in [1.82, 2.24) is 14.8 Å². The Morgan fingerprint density at radius 3 is 3.00 bits per heavy atom. The fourth-order valence-corrected chi connectivity index (χ4v) is 1.34. The van der Waals surface area contributed by atoms with Crippen LogP contribution < -0.4 is 5.73 Å². The van der Waals surface area contributed by atoms with E-state index in [2.05, 4.69) is 10.1 Å². The van der Waals surface area contributed by atoms with Crippen LogP contribution in [0.4, 0.5) is 0 Å². The van der Waals surface area contributed by atoms with Crippen molar-refractivity contribution in [3.8, 4) is 5.82 Å². The molecular formula is C10H10N4O2. The van der Waals surface area contributed by atoms with Crippen LogP contribution in [-0.4, -0.2) is 25.8 Å². The van der Waals surface area contributed by atoms with Gasteiger partial charge in [0.15, 0.2) is 5.82 Å². The van der Waals surface area contributed by atoms with Crippen LogP contribution in [0.5, 0.6) is 0 Å². The Balaban J connectivity index is 2.46. The number of carboxylic acid groups (broad SMARTS) is 1. The summed E-state index contributed by atoms with van der Waals surface area (Å²) < 4.78 is 1.41. The number of hydrogen-bond acceptors (Lipinski definition) is 4. The molecule has 2 heterocycles. The highest BCUT2D eigenvalue weighted by molar-refractivity contribution is 5.86. The zero-order chi connectivity index (χ0) is 11.5. The third-order valence-electron chi connectivity index (χ3n) is 2.13. The lowest BCUT2D eigenvalue weighted by Gasteiger charge is -2.04. The minimum atomic E-state index is -1.02. The number of nitrogens with two attached hydrogens (primary N) is 1. The third-order valence-corrected chi connectivity index (χ3v) is 2.13. The van der Waals surface area contributed by atoms with Gasteiger partial charge in [-0.15, -0.1) is 0 Å². The predicted molar refractivity (Wildman–Crippen MR) is 56.2 cm³/mol. The van der Waals surface area contributed by atoms with Crippen molar-refractivity contribution in [2.45, 2.75) is 6.54 Å². The fourth-order valence-electron chi connectivity index (χ4n) is 1.34. The number of aromatic carboxylic acids is 1. The van der Waals surface area contributed by atoms with E-state index >= 15 is 0 Å². The molecule has 2 aromatic rings. The number of pyridine rings is 1. The maximum absolute atomic E-state index is 10.7. The average molecular weight is 218 g/mol. The van der Waals surface area contributed by atoms with E-state index in [1.807, 2.05) is 6.07 Å². The van der Waals surface area contributed by atoms with E-state index < -0.39 is 5.97 Å². The second-order valence-electron chi connectivity index (χ2n) is 3.17. The van der Waals surface area contributed by atoms with Crippen molar-refractivity contribution in [2.75, 3.05) is 0 Å². The Bertz CT molecular complexity index is 521. The van der Waals surface area contributed by atoms with E-state index in [1.165, 1.54) is 17.1 Å². The van der Waals surface area contributed by atoms with Crippen molar-refractivity contribution in [3.63, 3.8) is 0 Å². The number of hydrogen-bond donors (Lipinski definition) is 2. The van der Waals surface area contributed by atoms with Gasteiger partial charge in [0.1, 0.15) is 0 Å². The van der Waals surface area contributed by atoms with E-state index in [9.17, 15) is 4.79 Å². The molecule has 0 aliphatic rings. The topological polar surface area (TPSA) is 94.0 Å². The normalized spacial score (nSPS) is 10.3. The van der Waals surface area contributed by atoms with Gasteiger partial charge in [-0.25, -0.2) is 14.5 Å². The van der Waals surface area contributed by atoms with E-state index in [0.29, 0.717) is 12.4 Å². The Morgan fingerprint density at radius 1 is 1.56 bits per heavy atom. The molecule has 0 fully saturated rings. The van der Waals surface area contributed by atoms with Gasteiger partial charge < -0.3 is 10.8 Å². The van der Waals surface area contributed by atoms with Crippen LogP contribution in [0.2, 0.25) is 0 Å². The van der Waals surface area contributed by atoms with Gasteiger partial charge in [-0.05, 0) is 6.07 Å². The molecule has 2 rings (SSSR count). The summed E-state index contributed by atoms with van der Waals surface area (Å²) in [6.45, 7) is 0.325. The van der Waals surface area contributed by atoms with Gasteiger partial charge in [0.2, 0.25) is 0 Å². The summed E-state index contributed by atoms with van der Waals surface area (Å²) in [7, 11) is 0. The second kappa shape index (κ2) is 4.11. The molecule has 0 spiro atoms. The summed E-state index contributed by atoms with van der Waals surface area (Å²) in [6.07, 6.45) is 4.29. The molecule has 0 bridgehead atoms. The van der Waals surface area contributed by atoms with Crippen LogP contribution in [-0.2, 0) is 6.54 Å². The Labute approximate surface area is 91.3 Å². The minimum absolute atomic E-state index is 0.119. The molecule has 0 radical (unpaired) electrons. The molecular weight excluding hydrogens is 208 g/mol. The number of nitrogens with zero attached hydrogens (tertiary/aromatic N) is 3. The van der Waals surface area contributed by atoms with Gasteiger partial charge in [0, 0.05) is 24.5 Å². The van der Waals surface area contributed by atoms with Crippen LogP contribution in [0.15, 0.2) is 30.7 Å². The highest BCUT2D eigenvalue weighted by Crippen LogP contribution is 2.10. The molecule has 0 saturated heterocycles. The van der Waals surface area contributed by atoms with Crippen LogP contribution in [0.1, 0.15) is 15.9 Å². The van der Waals surface area contributed by atoms with Crippen molar-refractivity contribution in [1.29, 1.82) is 0 Å². The monoisotopic (exact) mass is 218 g/mol. The Kier molecular flexibility index (Phi) is 2.65. The lowest BCUT2D eigenvalue weighted by atomic mass is 10.2. The maximum Gasteiger partial charge on any atom is 0.338 e. The number of carbonyl (C=O) groups is 1. The smallest absolute Gasteiger partial charge is 0.338 e. The molecule has 3 N–H and O–H groups in total. The Morgan fingerprint density at radius 2 is 2.38 bits per heavy atom. The summed E-state index contributed by atoms with van der Waals surface area (Å²) in [4.78, 5) is 14.8. The van der Waals surface area contributed by atoms with E-state index in [1.54, 1.807) is 12.3 Å². The molecule has 6 nitrogen and oxygen atoms in total. The van der Waals surface area contributed by atoms with Crippen LogP contribution in [0.25, 0.3) is 5.82 Å². The zero-order valence-electron chi connectivity index (χ0n) is 8.37. The molecule has 0 aliphatic carbocycles. The van der Waals surface area contributed by atoms with Gasteiger partial charge in [0.05, 0.1) is 11.8 Å². The number of aromatic nitrogens is 3. The quantitative estimate of drug-likeness (QED) is 0.778. The molecule has 0 aliphatic heterocycles. The summed E-state index contributed by atoms with van der Waals surface area (Å²) in [6, 6.07) is 3.59. The van der Waals surface area contributed by atoms with Gasteiger partial charge in [0.25, 0.3) is 0 Å². The van der Waals surface area contributed by atoms with Crippen molar-refractivity contribution in [2.24, 2.45) is 5.73 Å². The first-order valence-corrected chi connectivity index (χ1v) is 4.64. The summed E-state index contributed by atoms with van der Waals surface area (Å²) in [5.41, 5.74) is 6.48. The molecule has 82 valence electrons. The highest BCUT2D eigenvalue weighted by atomic mass is 16.4. The molecule has 16 heavy (non-hydrogen) atoms. The van der Waals surface area contributed by atoms with Crippen molar-refractivity contribution in [3.05, 3.63) is 41.9 Å². The van der Waals surface area contributed by atoms with Crippen LogP contribution >= 0.6 is 0 Å². The molecule has 0 unspecified atom stereocenters. The molecule has 6 heteroatoms. The molecule has 0 aromatic carbocycles. The van der Waals surface area contributed by atoms with E-state index in [4.69, 9.17) is 10.8 Å². The van der Waals surface area contributed by atoms with Crippen molar-refractivity contribution >= 4 is 5.97 Å². The lowest BCUT2D eigenvalue weighted by Crippen LogP contribution is -2.06. The van der Waals surface area contributed by atoms with Gasteiger partial charge in [-0.2, -0.15) is 5.10 Å². The number of rotatable bonds is 3. The largest absolute Gasteiger partial charge is 0.478 e. The van der Waals surface area contributed by atoms with Gasteiger partial charge in [-0.3, -0.25) is 0 Å². The second-order valence-corrected chi connectivity index (χ2v) is 3.17. The van der Waals surface area contributed by atoms with E-state index in [0.717, 1.165) is 5.56 Å². The summed E-state index contributed by atoms with van der Waals surface area (Å²) in [5, 5.41) is 12.7. The van der Waals surface area contributed by atoms with Crippen LogP contribution in [0, 0.1) is 0 Å². The van der Waals surface area contributed by atoms with E-state index in [-0.39, 0.29) is 5.56 Å². The Hall–Kier alpha value is -2.21. The SMILES string of the molecule is NCc1cccnc1-n1cc(C(=O)O)cn1. The highest BCUT2D eigenvalue weighted by Gasteiger charge is 2.09. The first-order valence-electron chi connectivity index (χ1n) is 4.64. The van der Waals surface area contributed by atoms with Gasteiger partial charge in [-0.1, -0.05) is 6.07 Å². The van der Waals surface area contributed by atoms with Crippen molar-refractivity contribution < 1.29 is 9.90 Å². The zero-order valence-corrected chi connectivity index (χ0v) is 8.37. The first-order chi connectivity index (χ1) is 7.72. The lowest BCUT2D eigenvalue weighted by molar-refractivity contribution is 0.0697. The summed E-state index contributed by atoms with van der Waals surface area (Å²) >= 11 is 0. The average Bonchev–Trinajstić information content (AvgIpc) is 2.78. The maximum atomic E-state index is 10.7. The molecule has 0 atom stereocenters. The number of carboxylic acids is 1. The first kappa shape index (κ1) is 10.3. The predicted octanol–water partition coefficient (Wildman–Crippen LogP) is 0.424. The fraction of sp³-hybridized carbons (Fsp3) is 0.100. The third kappa shape index (κ3) is 1.78. The molecule has 2 aromatic heterocycles. The summed E-state index contributed by atoms with van der Waals surface area (Å²) in [5.74, 6) is -0.464. The molecule has 0 saturated carbocycles. The minimum Gasteiger partial charge on any atom is -0.478 e. The standard InChI is InChI=1S/C10H10N4O2/c11-4-7-2-1-3-12-9(7)14-6-8(5-13-14)10(15)16/h1-3,5-6H,4,11H2,(H,15,16). The van der Waals surface area contributed by atoms with Gasteiger partial charge >= 0.3 is 5.97 Å². The van der Waals surface area contributed by atoms with Crippen LogP contribution in [0.3, 0.4) is 0 Å². The molecule has 0 amide bonds.